The van der Waals surface area contributed by atoms with Gasteiger partial charge in [0.15, 0.2) is 11.5 Å². The van der Waals surface area contributed by atoms with Crippen molar-refractivity contribution in [2.45, 2.75) is 71.1 Å². The first-order chi connectivity index (χ1) is 11.2. The van der Waals surface area contributed by atoms with Gasteiger partial charge < -0.3 is 9.84 Å². The third-order valence-electron chi connectivity index (χ3n) is 5.14. The molecule has 0 heterocycles. The minimum Gasteiger partial charge on any atom is -0.505 e. The Morgan fingerprint density at radius 3 is 2.35 bits per heavy atom. The second-order valence-electron chi connectivity index (χ2n) is 6.96. The van der Waals surface area contributed by atoms with Crippen LogP contribution in [0.5, 0.6) is 11.5 Å². The lowest BCUT2D eigenvalue weighted by Gasteiger charge is -2.28. The predicted octanol–water partition coefficient (Wildman–Crippen LogP) is 6.08. The van der Waals surface area contributed by atoms with E-state index in [4.69, 9.17) is 4.74 Å². The molecule has 0 unspecified atom stereocenters. The molecule has 23 heavy (non-hydrogen) atoms. The van der Waals surface area contributed by atoms with Gasteiger partial charge in [-0.3, -0.25) is 0 Å². The summed E-state index contributed by atoms with van der Waals surface area (Å²) in [6.45, 7) is 2.79. The van der Waals surface area contributed by atoms with Gasteiger partial charge in [-0.05, 0) is 36.8 Å². The smallest absolute Gasteiger partial charge is 0.206 e. The molecular weight excluding hydrogens is 291 g/mol. The van der Waals surface area contributed by atoms with Gasteiger partial charge in [0.05, 0.1) is 6.61 Å². The van der Waals surface area contributed by atoms with Gasteiger partial charge in [-0.25, -0.2) is 0 Å². The van der Waals surface area contributed by atoms with Crippen LogP contribution < -0.4 is 4.74 Å². The SMILES string of the molecule is CCCCCC1CCC(CCCOc2cccc(O)c2F)CC1. The van der Waals surface area contributed by atoms with Crippen molar-refractivity contribution < 1.29 is 14.2 Å². The fourth-order valence-corrected chi connectivity index (χ4v) is 3.66. The molecule has 0 atom stereocenters. The molecule has 3 heteroatoms. The normalized spacial score (nSPS) is 21.3. The number of halogens is 1. The number of ether oxygens (including phenoxy) is 1. The van der Waals surface area contributed by atoms with E-state index in [1.54, 1.807) is 12.1 Å². The van der Waals surface area contributed by atoms with Gasteiger partial charge in [-0.15, -0.1) is 0 Å². The lowest BCUT2D eigenvalue weighted by atomic mass is 9.78. The van der Waals surface area contributed by atoms with Crippen molar-refractivity contribution in [1.82, 2.24) is 0 Å². The first-order valence-electron chi connectivity index (χ1n) is 9.31. The van der Waals surface area contributed by atoms with Crippen molar-refractivity contribution in [2.75, 3.05) is 6.61 Å². The third kappa shape index (κ3) is 6.04. The molecule has 1 aromatic rings. The number of aromatic hydroxyl groups is 1. The molecule has 0 bridgehead atoms. The number of benzene rings is 1. The van der Waals surface area contributed by atoms with E-state index in [9.17, 15) is 9.50 Å². The summed E-state index contributed by atoms with van der Waals surface area (Å²) < 4.78 is 19.0. The number of rotatable bonds is 9. The number of unbranched alkanes of at least 4 members (excludes halogenated alkanes) is 2. The summed E-state index contributed by atoms with van der Waals surface area (Å²) in [5.41, 5.74) is 0. The number of phenolic OH excluding ortho intramolecular Hbond substituents is 1. The Labute approximate surface area is 140 Å². The molecule has 1 saturated carbocycles. The number of hydrogen-bond acceptors (Lipinski definition) is 2. The molecule has 0 saturated heterocycles. The van der Waals surface area contributed by atoms with Crippen molar-refractivity contribution >= 4 is 0 Å². The summed E-state index contributed by atoms with van der Waals surface area (Å²) in [7, 11) is 0. The summed E-state index contributed by atoms with van der Waals surface area (Å²) >= 11 is 0. The molecule has 0 radical (unpaired) electrons. The van der Waals surface area contributed by atoms with Gasteiger partial charge >= 0.3 is 0 Å². The van der Waals surface area contributed by atoms with E-state index in [-0.39, 0.29) is 11.5 Å². The van der Waals surface area contributed by atoms with Crippen LogP contribution in [0.15, 0.2) is 18.2 Å². The van der Waals surface area contributed by atoms with E-state index < -0.39 is 5.82 Å². The van der Waals surface area contributed by atoms with E-state index >= 15 is 0 Å². The maximum Gasteiger partial charge on any atom is 0.206 e. The highest BCUT2D eigenvalue weighted by atomic mass is 19.1. The third-order valence-corrected chi connectivity index (χ3v) is 5.14. The first kappa shape index (κ1) is 18.1. The van der Waals surface area contributed by atoms with Crippen LogP contribution in [0.3, 0.4) is 0 Å². The maximum absolute atomic E-state index is 13.6. The summed E-state index contributed by atoms with van der Waals surface area (Å²) in [6, 6.07) is 4.51. The van der Waals surface area contributed by atoms with E-state index in [0.717, 1.165) is 18.3 Å². The quantitative estimate of drug-likeness (QED) is 0.558. The van der Waals surface area contributed by atoms with Crippen LogP contribution in [0.1, 0.15) is 71.1 Å². The molecule has 2 rings (SSSR count). The Kier molecular flexibility index (Phi) is 7.70. The fraction of sp³-hybridized carbons (Fsp3) is 0.700. The maximum atomic E-state index is 13.6. The zero-order valence-corrected chi connectivity index (χ0v) is 14.4. The summed E-state index contributed by atoms with van der Waals surface area (Å²) in [6.07, 6.45) is 13.1. The first-order valence-corrected chi connectivity index (χ1v) is 9.31. The molecule has 1 N–H and O–H groups in total. The standard InChI is InChI=1S/C20H31FO2/c1-2-3-4-7-16-11-13-17(14-12-16)8-6-15-23-19-10-5-9-18(22)20(19)21/h5,9-10,16-17,22H,2-4,6-8,11-15H2,1H3. The highest BCUT2D eigenvalue weighted by molar-refractivity contribution is 5.34. The van der Waals surface area contributed by atoms with E-state index in [0.29, 0.717) is 6.61 Å². The lowest BCUT2D eigenvalue weighted by molar-refractivity contribution is 0.225. The molecule has 1 aliphatic rings. The summed E-state index contributed by atoms with van der Waals surface area (Å²) in [4.78, 5) is 0. The largest absolute Gasteiger partial charge is 0.505 e. The summed E-state index contributed by atoms with van der Waals surface area (Å²) in [5, 5.41) is 9.31. The Morgan fingerprint density at radius 1 is 1.04 bits per heavy atom. The molecule has 0 spiro atoms. The second kappa shape index (κ2) is 9.79. The van der Waals surface area contributed by atoms with Crippen molar-refractivity contribution in [2.24, 2.45) is 11.8 Å². The fourth-order valence-electron chi connectivity index (χ4n) is 3.66. The molecule has 0 amide bonds. The molecule has 2 nitrogen and oxygen atoms in total. The van der Waals surface area contributed by atoms with Gasteiger partial charge in [0, 0.05) is 0 Å². The van der Waals surface area contributed by atoms with Crippen molar-refractivity contribution in [3.63, 3.8) is 0 Å². The zero-order chi connectivity index (χ0) is 16.5. The van der Waals surface area contributed by atoms with Crippen molar-refractivity contribution in [1.29, 1.82) is 0 Å². The van der Waals surface area contributed by atoms with E-state index in [1.807, 2.05) is 0 Å². The Balaban J connectivity index is 1.58. The number of hydrogen-bond donors (Lipinski definition) is 1. The van der Waals surface area contributed by atoms with Crippen LogP contribution in [-0.2, 0) is 0 Å². The Hall–Kier alpha value is -1.25. The van der Waals surface area contributed by atoms with Gasteiger partial charge in [0.25, 0.3) is 0 Å². The average molecular weight is 322 g/mol. The van der Waals surface area contributed by atoms with E-state index in [2.05, 4.69) is 6.92 Å². The van der Waals surface area contributed by atoms with Gasteiger partial charge in [-0.2, -0.15) is 4.39 Å². The highest BCUT2D eigenvalue weighted by Gasteiger charge is 2.20. The van der Waals surface area contributed by atoms with Gasteiger partial charge in [0.1, 0.15) is 0 Å². The zero-order valence-electron chi connectivity index (χ0n) is 14.4. The molecule has 1 aromatic carbocycles. The molecule has 0 aromatic heterocycles. The molecule has 0 aliphatic heterocycles. The van der Waals surface area contributed by atoms with Gasteiger partial charge in [0.2, 0.25) is 5.82 Å². The monoisotopic (exact) mass is 322 g/mol. The molecule has 130 valence electrons. The van der Waals surface area contributed by atoms with E-state index in [1.165, 1.54) is 63.9 Å². The van der Waals surface area contributed by atoms with Crippen LogP contribution in [-0.4, -0.2) is 11.7 Å². The van der Waals surface area contributed by atoms with Crippen LogP contribution >= 0.6 is 0 Å². The van der Waals surface area contributed by atoms with Gasteiger partial charge in [-0.1, -0.05) is 64.4 Å². The van der Waals surface area contributed by atoms with Crippen LogP contribution in [0, 0.1) is 17.7 Å². The van der Waals surface area contributed by atoms with Crippen molar-refractivity contribution in [3.8, 4) is 11.5 Å². The van der Waals surface area contributed by atoms with Crippen LogP contribution in [0.4, 0.5) is 4.39 Å². The van der Waals surface area contributed by atoms with Crippen LogP contribution in [0.25, 0.3) is 0 Å². The molecule has 1 aliphatic carbocycles. The molecule has 1 fully saturated rings. The average Bonchev–Trinajstić information content (AvgIpc) is 2.57. The molecular formula is C20H31FO2. The second-order valence-corrected chi connectivity index (χ2v) is 6.96. The Morgan fingerprint density at radius 2 is 1.70 bits per heavy atom. The lowest BCUT2D eigenvalue weighted by Crippen LogP contribution is -2.15. The predicted molar refractivity (Wildman–Crippen MR) is 92.4 cm³/mol. The highest BCUT2D eigenvalue weighted by Crippen LogP contribution is 2.34. The Bertz CT molecular complexity index is 453. The topological polar surface area (TPSA) is 29.5 Å². The minimum atomic E-state index is -0.653. The van der Waals surface area contributed by atoms with Crippen molar-refractivity contribution in [3.05, 3.63) is 24.0 Å². The minimum absolute atomic E-state index is 0.157. The number of phenols is 1. The van der Waals surface area contributed by atoms with Crippen LogP contribution in [0.2, 0.25) is 0 Å². The summed E-state index contributed by atoms with van der Waals surface area (Å²) in [5.74, 6) is 0.930.